The van der Waals surface area contributed by atoms with Crippen molar-refractivity contribution in [3.05, 3.63) is 0 Å². The van der Waals surface area contributed by atoms with Gasteiger partial charge in [-0.05, 0) is 68.1 Å². The van der Waals surface area contributed by atoms with Crippen molar-refractivity contribution in [2.45, 2.75) is 65.4 Å². The molecular formula is C20H30O4. The van der Waals surface area contributed by atoms with Crippen LogP contribution in [0.15, 0.2) is 0 Å². The molecule has 0 radical (unpaired) electrons. The molecule has 0 heterocycles. The molecule has 0 spiro atoms. The van der Waals surface area contributed by atoms with Crippen LogP contribution in [0.25, 0.3) is 0 Å². The maximum Gasteiger partial charge on any atom is 0.146 e. The molecule has 0 bridgehead atoms. The molecule has 1 N–H and O–H groups in total. The van der Waals surface area contributed by atoms with Crippen LogP contribution < -0.4 is 0 Å². The van der Waals surface area contributed by atoms with Gasteiger partial charge in [-0.1, -0.05) is 13.8 Å². The van der Waals surface area contributed by atoms with Crippen LogP contribution in [-0.2, 0) is 14.4 Å². The van der Waals surface area contributed by atoms with Crippen molar-refractivity contribution in [1.29, 1.82) is 0 Å². The van der Waals surface area contributed by atoms with Crippen molar-refractivity contribution < 1.29 is 19.5 Å². The average molecular weight is 334 g/mol. The van der Waals surface area contributed by atoms with E-state index in [2.05, 4.69) is 13.8 Å². The second-order valence-electron chi connectivity index (χ2n) is 8.76. The lowest BCUT2D eigenvalue weighted by Gasteiger charge is -2.49. The fourth-order valence-electron chi connectivity index (χ4n) is 5.96. The molecule has 0 saturated heterocycles. The standard InChI is InChI=1S/C20H30O4/c1-11(22)6-7-20(10-21)9-16-14(8-17(20)23)4-5-15-12(2)13(3)19(24)18(15)16/h10,12-16,18-19,24H,4-9H2,1-3H3/t12-,13?,14?,15+,16?,18?,19?,20?/m1/s1. The van der Waals surface area contributed by atoms with Gasteiger partial charge in [-0.15, -0.1) is 0 Å². The first-order valence-electron chi connectivity index (χ1n) is 9.48. The number of hydrogen-bond acceptors (Lipinski definition) is 4. The highest BCUT2D eigenvalue weighted by Gasteiger charge is 2.57. The number of carbonyl (C=O) groups is 3. The Bertz CT molecular complexity index is 542. The average Bonchev–Trinajstić information content (AvgIpc) is 2.77. The van der Waals surface area contributed by atoms with Crippen LogP contribution in [0.3, 0.4) is 0 Å². The van der Waals surface area contributed by atoms with Crippen LogP contribution in [0.1, 0.15) is 59.3 Å². The van der Waals surface area contributed by atoms with Crippen molar-refractivity contribution in [3.63, 3.8) is 0 Å². The summed E-state index contributed by atoms with van der Waals surface area (Å²) in [4.78, 5) is 36.0. The summed E-state index contributed by atoms with van der Waals surface area (Å²) in [5, 5.41) is 10.8. The maximum atomic E-state index is 12.7. The quantitative estimate of drug-likeness (QED) is 0.634. The second-order valence-corrected chi connectivity index (χ2v) is 8.76. The maximum absolute atomic E-state index is 12.7. The van der Waals surface area contributed by atoms with Gasteiger partial charge in [0.2, 0.25) is 0 Å². The summed E-state index contributed by atoms with van der Waals surface area (Å²) in [6, 6.07) is 0. The van der Waals surface area contributed by atoms with Gasteiger partial charge in [0.1, 0.15) is 17.9 Å². The number of carbonyl (C=O) groups excluding carboxylic acids is 3. The molecule has 0 aromatic carbocycles. The fourth-order valence-corrected chi connectivity index (χ4v) is 5.96. The van der Waals surface area contributed by atoms with Gasteiger partial charge in [-0.3, -0.25) is 4.79 Å². The largest absolute Gasteiger partial charge is 0.393 e. The Kier molecular flexibility index (Phi) is 4.71. The van der Waals surface area contributed by atoms with Crippen LogP contribution in [0.2, 0.25) is 0 Å². The third kappa shape index (κ3) is 2.67. The minimum Gasteiger partial charge on any atom is -0.393 e. The first-order valence-corrected chi connectivity index (χ1v) is 9.48. The lowest BCUT2D eigenvalue weighted by Crippen LogP contribution is -2.49. The molecule has 8 atom stereocenters. The number of hydrogen-bond donors (Lipinski definition) is 1. The van der Waals surface area contributed by atoms with Gasteiger partial charge in [0.25, 0.3) is 0 Å². The summed E-state index contributed by atoms with van der Waals surface area (Å²) in [6.45, 7) is 5.87. The first-order chi connectivity index (χ1) is 11.3. The minimum atomic E-state index is -0.997. The lowest BCUT2D eigenvalue weighted by molar-refractivity contribution is -0.146. The fraction of sp³-hybridized carbons (Fsp3) is 0.850. The molecular weight excluding hydrogens is 304 g/mol. The monoisotopic (exact) mass is 334 g/mol. The van der Waals surface area contributed by atoms with E-state index in [0.29, 0.717) is 37.0 Å². The number of aliphatic hydroxyl groups is 1. The molecule has 3 rings (SSSR count). The SMILES string of the molecule is CC(=O)CCC1(C=O)CC2C(CC[C@@H]3C2C(O)C(C)[C@H]3C)CC1=O. The summed E-state index contributed by atoms with van der Waals surface area (Å²) in [5.41, 5.74) is -0.997. The van der Waals surface area contributed by atoms with E-state index in [1.807, 2.05) is 0 Å². The first kappa shape index (κ1) is 17.8. The van der Waals surface area contributed by atoms with Gasteiger partial charge in [0.05, 0.1) is 11.5 Å². The molecule has 24 heavy (non-hydrogen) atoms. The molecule has 0 aromatic heterocycles. The number of rotatable bonds is 4. The zero-order valence-corrected chi connectivity index (χ0v) is 15.0. The van der Waals surface area contributed by atoms with E-state index in [-0.39, 0.29) is 41.8 Å². The van der Waals surface area contributed by atoms with Crippen LogP contribution in [0.4, 0.5) is 0 Å². The molecule has 4 heteroatoms. The topological polar surface area (TPSA) is 71.4 Å². The van der Waals surface area contributed by atoms with E-state index in [1.165, 1.54) is 6.92 Å². The number of ketones is 2. The van der Waals surface area contributed by atoms with E-state index in [4.69, 9.17) is 0 Å². The van der Waals surface area contributed by atoms with E-state index in [1.54, 1.807) is 0 Å². The summed E-state index contributed by atoms with van der Waals surface area (Å²) < 4.78 is 0. The second kappa shape index (κ2) is 6.36. The summed E-state index contributed by atoms with van der Waals surface area (Å²) in [5.74, 6) is 2.06. The highest BCUT2D eigenvalue weighted by atomic mass is 16.3. The Balaban J connectivity index is 1.87. The van der Waals surface area contributed by atoms with Crippen LogP contribution >= 0.6 is 0 Å². The molecule has 0 aromatic rings. The summed E-state index contributed by atoms with van der Waals surface area (Å²) >= 11 is 0. The molecule has 3 saturated carbocycles. The Labute approximate surface area is 144 Å². The predicted molar refractivity (Wildman–Crippen MR) is 90.2 cm³/mol. The van der Waals surface area contributed by atoms with Crippen LogP contribution in [0.5, 0.6) is 0 Å². The lowest BCUT2D eigenvalue weighted by atomic mass is 9.54. The predicted octanol–water partition coefficient (Wildman–Crippen LogP) is 2.81. The number of aliphatic hydroxyl groups excluding tert-OH is 1. The Hall–Kier alpha value is -1.03. The minimum absolute atomic E-state index is 0.0204. The molecule has 0 amide bonds. The summed E-state index contributed by atoms with van der Waals surface area (Å²) in [6.07, 6.45) is 4.20. The Morgan fingerprint density at radius 3 is 2.58 bits per heavy atom. The molecule has 4 nitrogen and oxygen atoms in total. The van der Waals surface area contributed by atoms with Gasteiger partial charge >= 0.3 is 0 Å². The van der Waals surface area contributed by atoms with E-state index < -0.39 is 5.41 Å². The van der Waals surface area contributed by atoms with Crippen molar-refractivity contribution >= 4 is 17.9 Å². The van der Waals surface area contributed by atoms with Gasteiger partial charge in [0, 0.05) is 12.8 Å². The van der Waals surface area contributed by atoms with E-state index in [9.17, 15) is 19.5 Å². The molecule has 0 aliphatic heterocycles. The third-order valence-corrected chi connectivity index (χ3v) is 7.65. The van der Waals surface area contributed by atoms with Gasteiger partial charge in [0.15, 0.2) is 0 Å². The molecule has 3 fully saturated rings. The normalized spacial score (nSPS) is 47.8. The van der Waals surface area contributed by atoms with Crippen LogP contribution in [-0.4, -0.2) is 29.1 Å². The van der Waals surface area contributed by atoms with Gasteiger partial charge in [-0.2, -0.15) is 0 Å². The molecule has 134 valence electrons. The summed E-state index contributed by atoms with van der Waals surface area (Å²) in [7, 11) is 0. The Morgan fingerprint density at radius 1 is 1.25 bits per heavy atom. The number of Topliss-reactive ketones (excluding diaryl/α,β-unsaturated/α-hetero) is 2. The smallest absolute Gasteiger partial charge is 0.146 e. The zero-order valence-electron chi connectivity index (χ0n) is 15.0. The Morgan fingerprint density at radius 2 is 1.96 bits per heavy atom. The van der Waals surface area contributed by atoms with Crippen LogP contribution in [0, 0.1) is 40.9 Å². The highest BCUT2D eigenvalue weighted by Crippen LogP contribution is 2.58. The van der Waals surface area contributed by atoms with Gasteiger partial charge in [-0.25, -0.2) is 0 Å². The van der Waals surface area contributed by atoms with Crippen molar-refractivity contribution in [3.8, 4) is 0 Å². The third-order valence-electron chi connectivity index (χ3n) is 7.65. The molecule has 3 aliphatic carbocycles. The highest BCUT2D eigenvalue weighted by molar-refractivity contribution is 5.99. The van der Waals surface area contributed by atoms with Crippen molar-refractivity contribution in [1.82, 2.24) is 0 Å². The zero-order chi connectivity index (χ0) is 17.6. The van der Waals surface area contributed by atoms with E-state index in [0.717, 1.165) is 19.1 Å². The number of aldehydes is 1. The molecule has 3 aliphatic rings. The molecule has 6 unspecified atom stereocenters. The van der Waals surface area contributed by atoms with E-state index >= 15 is 0 Å². The van der Waals surface area contributed by atoms with Crippen molar-refractivity contribution in [2.75, 3.05) is 0 Å². The van der Waals surface area contributed by atoms with Gasteiger partial charge < -0.3 is 14.7 Å². The number of fused-ring (bicyclic) bond motifs is 3. The van der Waals surface area contributed by atoms with Crippen molar-refractivity contribution in [2.24, 2.45) is 40.9 Å².